The first-order chi connectivity index (χ1) is 8.29. The average molecular weight is 286 g/mol. The van der Waals surface area contributed by atoms with Gasteiger partial charge in [-0.1, -0.05) is 58.4 Å². The maximum Gasteiger partial charge on any atom is 0.0753 e. The number of hydrogen-bond acceptors (Lipinski definition) is 1. The summed E-state index contributed by atoms with van der Waals surface area (Å²) >= 11 is 3.44. The smallest absolute Gasteiger partial charge is 0.0753 e. The number of halogens is 1. The van der Waals surface area contributed by atoms with Gasteiger partial charge in [-0.15, -0.1) is 0 Å². The van der Waals surface area contributed by atoms with Crippen LogP contribution >= 0.6 is 15.9 Å². The summed E-state index contributed by atoms with van der Waals surface area (Å²) in [5, 5.41) is 9.27. The second-order valence-electron chi connectivity index (χ2n) is 3.93. The van der Waals surface area contributed by atoms with Crippen molar-refractivity contribution in [1.82, 2.24) is 0 Å². The molecule has 84 valence electrons. The highest BCUT2D eigenvalue weighted by Crippen LogP contribution is 2.23. The lowest BCUT2D eigenvalue weighted by atomic mass is 9.93. The van der Waals surface area contributed by atoms with Gasteiger partial charge in [0.25, 0.3) is 0 Å². The van der Waals surface area contributed by atoms with Gasteiger partial charge in [0.05, 0.1) is 12.0 Å². The maximum absolute atomic E-state index is 9.27. The number of hydrogen-bond donors (Lipinski definition) is 0. The first-order valence-corrected chi connectivity index (χ1v) is 6.28. The summed E-state index contributed by atoms with van der Waals surface area (Å²) in [5.41, 5.74) is 2.25. The molecular formula is C15H12BrN. The van der Waals surface area contributed by atoms with Crippen molar-refractivity contribution < 1.29 is 0 Å². The van der Waals surface area contributed by atoms with Crippen molar-refractivity contribution in [2.45, 2.75) is 12.3 Å². The lowest BCUT2D eigenvalue weighted by Crippen LogP contribution is -2.00. The van der Waals surface area contributed by atoms with Crippen LogP contribution in [0.3, 0.4) is 0 Å². The standard InChI is InChI=1S/C15H12BrN/c16-15-8-4-7-13(10-15)14(11-17)9-12-5-2-1-3-6-12/h1-8,10,14H,9H2. The summed E-state index contributed by atoms with van der Waals surface area (Å²) in [5.74, 6) is -0.0881. The Morgan fingerprint density at radius 1 is 1.06 bits per heavy atom. The molecule has 1 atom stereocenters. The van der Waals surface area contributed by atoms with Crippen LogP contribution in [0.1, 0.15) is 17.0 Å². The molecule has 17 heavy (non-hydrogen) atoms. The van der Waals surface area contributed by atoms with E-state index in [4.69, 9.17) is 0 Å². The van der Waals surface area contributed by atoms with Gasteiger partial charge in [0.15, 0.2) is 0 Å². The molecule has 2 heteroatoms. The van der Waals surface area contributed by atoms with Crippen molar-refractivity contribution in [1.29, 1.82) is 5.26 Å². The summed E-state index contributed by atoms with van der Waals surface area (Å²) in [4.78, 5) is 0. The molecule has 0 bridgehead atoms. The van der Waals surface area contributed by atoms with Crippen LogP contribution in [0.4, 0.5) is 0 Å². The number of rotatable bonds is 3. The highest BCUT2D eigenvalue weighted by Gasteiger charge is 2.11. The van der Waals surface area contributed by atoms with Crippen molar-refractivity contribution in [2.24, 2.45) is 0 Å². The summed E-state index contributed by atoms with van der Waals surface area (Å²) < 4.78 is 1.02. The Bertz CT molecular complexity index is 528. The summed E-state index contributed by atoms with van der Waals surface area (Å²) in [6, 6.07) is 20.4. The van der Waals surface area contributed by atoms with Crippen molar-refractivity contribution in [2.75, 3.05) is 0 Å². The highest BCUT2D eigenvalue weighted by molar-refractivity contribution is 9.10. The largest absolute Gasteiger partial charge is 0.198 e. The predicted molar refractivity (Wildman–Crippen MR) is 72.6 cm³/mol. The van der Waals surface area contributed by atoms with Crippen LogP contribution in [0.2, 0.25) is 0 Å². The zero-order valence-corrected chi connectivity index (χ0v) is 10.9. The van der Waals surface area contributed by atoms with Crippen molar-refractivity contribution in [3.8, 4) is 6.07 Å². The van der Waals surface area contributed by atoms with Gasteiger partial charge >= 0.3 is 0 Å². The van der Waals surface area contributed by atoms with E-state index in [2.05, 4.69) is 34.1 Å². The van der Waals surface area contributed by atoms with E-state index < -0.39 is 0 Å². The SMILES string of the molecule is N#CC(Cc1ccccc1)c1cccc(Br)c1. The molecule has 0 aliphatic carbocycles. The molecule has 0 saturated carbocycles. The molecule has 2 aromatic rings. The van der Waals surface area contributed by atoms with Crippen LogP contribution in [0.15, 0.2) is 59.1 Å². The Hall–Kier alpha value is -1.59. The molecule has 0 aliphatic rings. The van der Waals surface area contributed by atoms with Gasteiger partial charge in [0, 0.05) is 4.47 Å². The lowest BCUT2D eigenvalue weighted by Gasteiger charge is -2.09. The molecule has 0 radical (unpaired) electrons. The lowest BCUT2D eigenvalue weighted by molar-refractivity contribution is 0.848. The van der Waals surface area contributed by atoms with E-state index in [0.717, 1.165) is 16.5 Å². The second-order valence-corrected chi connectivity index (χ2v) is 4.84. The number of nitrogens with zero attached hydrogens (tertiary/aromatic N) is 1. The Balaban J connectivity index is 2.21. The van der Waals surface area contributed by atoms with Crippen molar-refractivity contribution in [3.05, 3.63) is 70.2 Å². The summed E-state index contributed by atoms with van der Waals surface area (Å²) in [6.45, 7) is 0. The molecule has 0 aromatic heterocycles. The normalized spacial score (nSPS) is 11.8. The molecule has 0 aliphatic heterocycles. The third-order valence-corrected chi connectivity index (χ3v) is 3.18. The zero-order chi connectivity index (χ0) is 12.1. The topological polar surface area (TPSA) is 23.8 Å². The number of nitriles is 1. The average Bonchev–Trinajstić information content (AvgIpc) is 2.37. The first kappa shape index (κ1) is 11.9. The van der Waals surface area contributed by atoms with E-state index in [0.29, 0.717) is 0 Å². The van der Waals surface area contributed by atoms with E-state index in [1.165, 1.54) is 5.56 Å². The van der Waals surface area contributed by atoms with Crippen LogP contribution < -0.4 is 0 Å². The minimum Gasteiger partial charge on any atom is -0.198 e. The molecule has 0 spiro atoms. The van der Waals surface area contributed by atoms with Crippen LogP contribution in [0.5, 0.6) is 0 Å². The van der Waals surface area contributed by atoms with Crippen molar-refractivity contribution >= 4 is 15.9 Å². The Morgan fingerprint density at radius 3 is 2.47 bits per heavy atom. The molecular weight excluding hydrogens is 274 g/mol. The van der Waals surface area contributed by atoms with Gasteiger partial charge in [-0.3, -0.25) is 0 Å². The van der Waals surface area contributed by atoms with Gasteiger partial charge in [-0.2, -0.15) is 5.26 Å². The minimum atomic E-state index is -0.0881. The van der Waals surface area contributed by atoms with Gasteiger partial charge in [-0.05, 0) is 29.7 Å². The van der Waals surface area contributed by atoms with Gasteiger partial charge in [0.1, 0.15) is 0 Å². The van der Waals surface area contributed by atoms with E-state index in [1.807, 2.05) is 42.5 Å². The minimum absolute atomic E-state index is 0.0881. The molecule has 1 nitrogen and oxygen atoms in total. The Labute approximate surface area is 110 Å². The molecule has 1 unspecified atom stereocenters. The third kappa shape index (κ3) is 3.18. The van der Waals surface area contributed by atoms with Crippen LogP contribution in [0.25, 0.3) is 0 Å². The first-order valence-electron chi connectivity index (χ1n) is 5.48. The Morgan fingerprint density at radius 2 is 1.82 bits per heavy atom. The predicted octanol–water partition coefficient (Wildman–Crippen LogP) is 4.30. The fourth-order valence-corrected chi connectivity index (χ4v) is 2.23. The van der Waals surface area contributed by atoms with Crippen molar-refractivity contribution in [3.63, 3.8) is 0 Å². The molecule has 0 fully saturated rings. The molecule has 2 rings (SSSR count). The van der Waals surface area contributed by atoms with Crippen LogP contribution in [-0.2, 0) is 6.42 Å². The Kier molecular flexibility index (Phi) is 3.95. The maximum atomic E-state index is 9.27. The monoisotopic (exact) mass is 285 g/mol. The highest BCUT2D eigenvalue weighted by atomic mass is 79.9. The van der Waals surface area contributed by atoms with Gasteiger partial charge in [-0.25, -0.2) is 0 Å². The molecule has 0 N–H and O–H groups in total. The van der Waals surface area contributed by atoms with Gasteiger partial charge < -0.3 is 0 Å². The summed E-state index contributed by atoms with van der Waals surface area (Å²) in [6.07, 6.45) is 0.758. The fourth-order valence-electron chi connectivity index (χ4n) is 1.81. The van der Waals surface area contributed by atoms with E-state index in [9.17, 15) is 5.26 Å². The van der Waals surface area contributed by atoms with Crippen LogP contribution in [-0.4, -0.2) is 0 Å². The molecule has 2 aromatic carbocycles. The van der Waals surface area contributed by atoms with E-state index >= 15 is 0 Å². The summed E-state index contributed by atoms with van der Waals surface area (Å²) in [7, 11) is 0. The fraction of sp³-hybridized carbons (Fsp3) is 0.133. The molecule has 0 amide bonds. The van der Waals surface area contributed by atoms with E-state index in [-0.39, 0.29) is 5.92 Å². The zero-order valence-electron chi connectivity index (χ0n) is 9.31. The van der Waals surface area contributed by atoms with Gasteiger partial charge in [0.2, 0.25) is 0 Å². The second kappa shape index (κ2) is 5.65. The van der Waals surface area contributed by atoms with E-state index in [1.54, 1.807) is 0 Å². The molecule has 0 heterocycles. The third-order valence-electron chi connectivity index (χ3n) is 2.69. The molecule has 0 saturated heterocycles. The van der Waals surface area contributed by atoms with Crippen LogP contribution in [0, 0.1) is 11.3 Å². The quantitative estimate of drug-likeness (QED) is 0.825. The number of benzene rings is 2.